The van der Waals surface area contributed by atoms with Crippen LogP contribution in [0.3, 0.4) is 0 Å². The summed E-state index contributed by atoms with van der Waals surface area (Å²) in [5, 5.41) is 4.15. The molecule has 0 aromatic carbocycles. The van der Waals surface area contributed by atoms with Gasteiger partial charge in [0, 0.05) is 11.8 Å². The van der Waals surface area contributed by atoms with Crippen LogP contribution >= 0.6 is 0 Å². The highest BCUT2D eigenvalue weighted by Crippen LogP contribution is 2.18. The van der Waals surface area contributed by atoms with E-state index in [9.17, 15) is 0 Å². The largest absolute Gasteiger partial charge is 0.382 e. The summed E-state index contributed by atoms with van der Waals surface area (Å²) in [7, 11) is 0. The molecular formula is C7H11N3O. The van der Waals surface area contributed by atoms with Crippen molar-refractivity contribution >= 4 is 5.82 Å². The van der Waals surface area contributed by atoms with E-state index in [4.69, 9.17) is 10.5 Å². The minimum atomic E-state index is 0.408. The Morgan fingerprint density at radius 1 is 1.73 bits per heavy atom. The smallest absolute Gasteiger partial charge is 0.148 e. The highest BCUT2D eigenvalue weighted by atomic mass is 16.5. The number of hydrogen-bond donors (Lipinski definition) is 1. The van der Waals surface area contributed by atoms with Gasteiger partial charge >= 0.3 is 0 Å². The maximum Gasteiger partial charge on any atom is 0.148 e. The molecule has 4 nitrogen and oxygen atoms in total. The van der Waals surface area contributed by atoms with Crippen molar-refractivity contribution in [3.63, 3.8) is 0 Å². The summed E-state index contributed by atoms with van der Waals surface area (Å²) in [6.45, 7) is 3.49. The molecule has 1 aromatic rings. The van der Waals surface area contributed by atoms with Gasteiger partial charge in [0.05, 0.1) is 19.3 Å². The first kappa shape index (κ1) is 6.67. The number of aryl methyl sites for hydroxylation is 1. The van der Waals surface area contributed by atoms with Crippen molar-refractivity contribution in [1.29, 1.82) is 0 Å². The zero-order valence-corrected chi connectivity index (χ0v) is 6.45. The van der Waals surface area contributed by atoms with Crippen molar-refractivity contribution in [3.05, 3.63) is 11.8 Å². The SMILES string of the molecule is Cc1cn(C2COC2)nc1N. The summed E-state index contributed by atoms with van der Waals surface area (Å²) >= 11 is 0. The molecule has 1 saturated heterocycles. The molecule has 0 atom stereocenters. The van der Waals surface area contributed by atoms with Crippen LogP contribution in [0.25, 0.3) is 0 Å². The minimum Gasteiger partial charge on any atom is -0.382 e. The Bertz CT molecular complexity index is 245. The van der Waals surface area contributed by atoms with Crippen molar-refractivity contribution in [2.24, 2.45) is 0 Å². The third-order valence-corrected chi connectivity index (χ3v) is 1.95. The van der Waals surface area contributed by atoms with E-state index in [1.165, 1.54) is 0 Å². The van der Waals surface area contributed by atoms with Crippen molar-refractivity contribution in [1.82, 2.24) is 9.78 Å². The third-order valence-electron chi connectivity index (χ3n) is 1.95. The average molecular weight is 153 g/mol. The van der Waals surface area contributed by atoms with Crippen LogP contribution in [0.4, 0.5) is 5.82 Å². The number of nitrogens with two attached hydrogens (primary N) is 1. The Morgan fingerprint density at radius 3 is 2.82 bits per heavy atom. The maximum atomic E-state index is 5.58. The molecule has 2 heterocycles. The topological polar surface area (TPSA) is 53.1 Å². The predicted octanol–water partition coefficient (Wildman–Crippen LogP) is 0.345. The number of anilines is 1. The number of hydrogen-bond acceptors (Lipinski definition) is 3. The van der Waals surface area contributed by atoms with Crippen molar-refractivity contribution in [2.45, 2.75) is 13.0 Å². The summed E-state index contributed by atoms with van der Waals surface area (Å²) in [4.78, 5) is 0. The Morgan fingerprint density at radius 2 is 2.45 bits per heavy atom. The average Bonchev–Trinajstić information content (AvgIpc) is 2.08. The highest BCUT2D eigenvalue weighted by molar-refractivity contribution is 5.35. The molecule has 1 aliphatic rings. The van der Waals surface area contributed by atoms with Crippen LogP contribution in [0, 0.1) is 6.92 Å². The van der Waals surface area contributed by atoms with E-state index < -0.39 is 0 Å². The van der Waals surface area contributed by atoms with Gasteiger partial charge in [0.15, 0.2) is 0 Å². The van der Waals surface area contributed by atoms with Gasteiger partial charge in [-0.25, -0.2) is 0 Å². The molecule has 0 amide bonds. The van der Waals surface area contributed by atoms with E-state index in [2.05, 4.69) is 5.10 Å². The molecule has 11 heavy (non-hydrogen) atoms. The number of nitrogens with zero attached hydrogens (tertiary/aromatic N) is 2. The lowest BCUT2D eigenvalue weighted by Crippen LogP contribution is -2.30. The van der Waals surface area contributed by atoms with Gasteiger partial charge in [-0.3, -0.25) is 4.68 Å². The Balaban J connectivity index is 2.24. The summed E-state index contributed by atoms with van der Waals surface area (Å²) in [6, 6.07) is 0.408. The lowest BCUT2D eigenvalue weighted by atomic mass is 10.3. The van der Waals surface area contributed by atoms with Crippen LogP contribution in [0.1, 0.15) is 11.6 Å². The van der Waals surface area contributed by atoms with E-state index in [0.717, 1.165) is 18.8 Å². The second-order valence-corrected chi connectivity index (χ2v) is 2.87. The lowest BCUT2D eigenvalue weighted by molar-refractivity contribution is -0.0285. The maximum absolute atomic E-state index is 5.58. The molecule has 0 radical (unpaired) electrons. The zero-order valence-electron chi connectivity index (χ0n) is 6.45. The van der Waals surface area contributed by atoms with Crippen LogP contribution in [0.15, 0.2) is 6.20 Å². The van der Waals surface area contributed by atoms with Crippen LogP contribution in [-0.4, -0.2) is 23.0 Å². The fourth-order valence-electron chi connectivity index (χ4n) is 1.06. The van der Waals surface area contributed by atoms with Crippen LogP contribution in [-0.2, 0) is 4.74 Å². The van der Waals surface area contributed by atoms with Gasteiger partial charge in [0.25, 0.3) is 0 Å². The molecule has 1 aliphatic heterocycles. The first-order valence-electron chi connectivity index (χ1n) is 3.66. The fourth-order valence-corrected chi connectivity index (χ4v) is 1.06. The third kappa shape index (κ3) is 0.991. The molecule has 0 spiro atoms. The highest BCUT2D eigenvalue weighted by Gasteiger charge is 2.21. The molecule has 0 bridgehead atoms. The molecular weight excluding hydrogens is 142 g/mol. The van der Waals surface area contributed by atoms with E-state index in [1.807, 2.05) is 17.8 Å². The molecule has 0 saturated carbocycles. The van der Waals surface area contributed by atoms with Crippen molar-refractivity contribution in [3.8, 4) is 0 Å². The molecule has 0 unspecified atom stereocenters. The standard InChI is InChI=1S/C7H11N3O/c1-5-2-10(9-7(5)8)6-3-11-4-6/h2,6H,3-4H2,1H3,(H2,8,9). The Labute approximate surface area is 64.9 Å². The van der Waals surface area contributed by atoms with E-state index in [0.29, 0.717) is 11.9 Å². The van der Waals surface area contributed by atoms with E-state index in [-0.39, 0.29) is 0 Å². The van der Waals surface area contributed by atoms with Gasteiger partial charge in [-0.05, 0) is 6.92 Å². The molecule has 2 N–H and O–H groups in total. The van der Waals surface area contributed by atoms with Crippen LogP contribution < -0.4 is 5.73 Å². The van der Waals surface area contributed by atoms with Crippen molar-refractivity contribution in [2.75, 3.05) is 18.9 Å². The molecule has 1 fully saturated rings. The molecule has 4 heteroatoms. The van der Waals surface area contributed by atoms with E-state index in [1.54, 1.807) is 0 Å². The summed E-state index contributed by atoms with van der Waals surface area (Å²) in [6.07, 6.45) is 1.96. The molecule has 2 rings (SSSR count). The number of aromatic nitrogens is 2. The first-order valence-corrected chi connectivity index (χ1v) is 3.66. The Hall–Kier alpha value is -1.03. The van der Waals surface area contributed by atoms with Gasteiger partial charge in [0.1, 0.15) is 5.82 Å². The predicted molar refractivity (Wildman–Crippen MR) is 41.2 cm³/mol. The van der Waals surface area contributed by atoms with Crippen LogP contribution in [0.2, 0.25) is 0 Å². The monoisotopic (exact) mass is 153 g/mol. The number of nitrogen functional groups attached to an aromatic ring is 1. The van der Waals surface area contributed by atoms with Gasteiger partial charge in [-0.15, -0.1) is 0 Å². The normalized spacial score (nSPS) is 18.3. The Kier molecular flexibility index (Phi) is 1.35. The number of rotatable bonds is 1. The van der Waals surface area contributed by atoms with E-state index >= 15 is 0 Å². The molecule has 1 aromatic heterocycles. The van der Waals surface area contributed by atoms with Crippen molar-refractivity contribution < 1.29 is 4.74 Å². The van der Waals surface area contributed by atoms with Crippen LogP contribution in [0.5, 0.6) is 0 Å². The second kappa shape index (κ2) is 2.23. The zero-order chi connectivity index (χ0) is 7.84. The molecule has 0 aliphatic carbocycles. The number of ether oxygens (including phenoxy) is 1. The van der Waals surface area contributed by atoms with Gasteiger partial charge in [0.2, 0.25) is 0 Å². The van der Waals surface area contributed by atoms with Gasteiger partial charge < -0.3 is 10.5 Å². The lowest BCUT2D eigenvalue weighted by Gasteiger charge is -2.25. The van der Waals surface area contributed by atoms with Gasteiger partial charge in [-0.2, -0.15) is 5.10 Å². The quantitative estimate of drug-likeness (QED) is 0.633. The first-order chi connectivity index (χ1) is 5.27. The summed E-state index contributed by atoms with van der Waals surface area (Å²) in [5.41, 5.74) is 6.62. The fraction of sp³-hybridized carbons (Fsp3) is 0.571. The second-order valence-electron chi connectivity index (χ2n) is 2.87. The minimum absolute atomic E-state index is 0.408. The summed E-state index contributed by atoms with van der Waals surface area (Å²) < 4.78 is 6.92. The summed E-state index contributed by atoms with van der Waals surface area (Å²) in [5.74, 6) is 0.622. The van der Waals surface area contributed by atoms with Gasteiger partial charge in [-0.1, -0.05) is 0 Å². The molecule has 60 valence electrons.